The fourth-order valence-electron chi connectivity index (χ4n) is 3.51. The maximum absolute atomic E-state index is 12.8. The zero-order valence-electron chi connectivity index (χ0n) is 15.3. The molecule has 1 aliphatic heterocycles. The van der Waals surface area contributed by atoms with Crippen molar-refractivity contribution >= 4 is 15.9 Å². The third-order valence-corrected chi connectivity index (χ3v) is 7.31. The smallest absolute Gasteiger partial charge is 0.244 e. The van der Waals surface area contributed by atoms with Gasteiger partial charge >= 0.3 is 0 Å². The molecule has 1 N–H and O–H groups in total. The number of pyridine rings is 1. The van der Waals surface area contributed by atoms with E-state index in [0.29, 0.717) is 19.5 Å². The Bertz CT molecular complexity index is 951. The molecule has 27 heavy (non-hydrogen) atoms. The van der Waals surface area contributed by atoms with Crippen LogP contribution in [0, 0.1) is 5.92 Å². The second-order valence-electron chi connectivity index (χ2n) is 7.10. The first-order valence-corrected chi connectivity index (χ1v) is 10.6. The number of fused-ring (bicyclic) bond motifs is 1. The molecule has 0 aromatic carbocycles. The van der Waals surface area contributed by atoms with E-state index in [-0.39, 0.29) is 23.3 Å². The van der Waals surface area contributed by atoms with Gasteiger partial charge in [-0.15, -0.1) is 0 Å². The SMILES string of the molecule is Cn1c(CNC(=O)C2CCC2)nc2c1CN(S(=O)(=O)c1cccnc1)CC2. The predicted molar refractivity (Wildman–Crippen MR) is 97.9 cm³/mol. The largest absolute Gasteiger partial charge is 0.349 e. The van der Waals surface area contributed by atoms with E-state index in [1.165, 1.54) is 10.5 Å². The molecular weight excluding hydrogens is 366 g/mol. The lowest BCUT2D eigenvalue weighted by molar-refractivity contribution is -0.127. The molecule has 144 valence electrons. The van der Waals surface area contributed by atoms with Gasteiger partial charge in [-0.25, -0.2) is 13.4 Å². The maximum atomic E-state index is 12.8. The number of carbonyl (C=O) groups is 1. The van der Waals surface area contributed by atoms with Crippen LogP contribution in [0.5, 0.6) is 0 Å². The summed E-state index contributed by atoms with van der Waals surface area (Å²) in [6.45, 7) is 1.02. The lowest BCUT2D eigenvalue weighted by Crippen LogP contribution is -2.36. The van der Waals surface area contributed by atoms with E-state index in [2.05, 4.69) is 15.3 Å². The molecule has 0 saturated heterocycles. The third-order valence-electron chi connectivity index (χ3n) is 5.48. The summed E-state index contributed by atoms with van der Waals surface area (Å²) in [7, 11) is -1.71. The third kappa shape index (κ3) is 3.37. The van der Waals surface area contributed by atoms with Crippen molar-refractivity contribution in [1.82, 2.24) is 24.2 Å². The Morgan fingerprint density at radius 3 is 2.85 bits per heavy atom. The van der Waals surface area contributed by atoms with Gasteiger partial charge in [-0.3, -0.25) is 9.78 Å². The number of carbonyl (C=O) groups excluding carboxylic acids is 1. The molecule has 1 fully saturated rings. The molecule has 0 bridgehead atoms. The number of imidazole rings is 1. The molecule has 1 amide bonds. The molecule has 2 aromatic rings. The van der Waals surface area contributed by atoms with Gasteiger partial charge in [0.05, 0.1) is 24.5 Å². The zero-order chi connectivity index (χ0) is 19.0. The molecular formula is C18H23N5O3S. The Morgan fingerprint density at radius 2 is 2.19 bits per heavy atom. The monoisotopic (exact) mass is 389 g/mol. The minimum atomic E-state index is -3.59. The Kier molecular flexibility index (Phi) is 4.73. The van der Waals surface area contributed by atoms with Gasteiger partial charge in [0.1, 0.15) is 10.7 Å². The van der Waals surface area contributed by atoms with Gasteiger partial charge in [-0.1, -0.05) is 6.42 Å². The summed E-state index contributed by atoms with van der Waals surface area (Å²) in [6, 6.07) is 3.18. The van der Waals surface area contributed by atoms with E-state index in [1.807, 2.05) is 11.6 Å². The lowest BCUT2D eigenvalue weighted by atomic mass is 9.85. The van der Waals surface area contributed by atoms with Gasteiger partial charge in [-0.2, -0.15) is 4.31 Å². The molecule has 2 aliphatic rings. The first kappa shape index (κ1) is 18.1. The van der Waals surface area contributed by atoms with Crippen LogP contribution in [0.1, 0.15) is 36.5 Å². The molecule has 0 atom stereocenters. The molecule has 4 rings (SSSR count). The quantitative estimate of drug-likeness (QED) is 0.822. The predicted octanol–water partition coefficient (Wildman–Crippen LogP) is 0.978. The molecule has 0 radical (unpaired) electrons. The van der Waals surface area contributed by atoms with Crippen molar-refractivity contribution in [3.05, 3.63) is 41.7 Å². The normalized spacial score (nSPS) is 18.0. The van der Waals surface area contributed by atoms with Crippen molar-refractivity contribution in [2.45, 2.75) is 43.7 Å². The minimum absolute atomic E-state index is 0.0861. The number of rotatable bonds is 5. The topological polar surface area (TPSA) is 97.2 Å². The van der Waals surface area contributed by atoms with E-state index in [4.69, 9.17) is 0 Å². The second-order valence-corrected chi connectivity index (χ2v) is 9.04. The molecule has 0 spiro atoms. The highest BCUT2D eigenvalue weighted by atomic mass is 32.2. The Hall–Kier alpha value is -2.26. The van der Waals surface area contributed by atoms with E-state index in [0.717, 1.165) is 36.5 Å². The maximum Gasteiger partial charge on any atom is 0.244 e. The van der Waals surface area contributed by atoms with Crippen molar-refractivity contribution in [3.63, 3.8) is 0 Å². The molecule has 1 aliphatic carbocycles. The molecule has 9 heteroatoms. The van der Waals surface area contributed by atoms with Crippen LogP contribution in [0.25, 0.3) is 0 Å². The van der Waals surface area contributed by atoms with Crippen LogP contribution in [-0.2, 0) is 41.4 Å². The van der Waals surface area contributed by atoms with Crippen LogP contribution in [-0.4, -0.2) is 39.7 Å². The Morgan fingerprint density at radius 1 is 1.37 bits per heavy atom. The van der Waals surface area contributed by atoms with Crippen molar-refractivity contribution in [2.75, 3.05) is 6.54 Å². The summed E-state index contributed by atoms with van der Waals surface area (Å²) >= 11 is 0. The van der Waals surface area contributed by atoms with Crippen molar-refractivity contribution in [3.8, 4) is 0 Å². The Labute approximate surface area is 158 Å². The number of hydrogen-bond acceptors (Lipinski definition) is 5. The molecule has 8 nitrogen and oxygen atoms in total. The van der Waals surface area contributed by atoms with Crippen LogP contribution in [0.4, 0.5) is 0 Å². The number of amides is 1. The zero-order valence-corrected chi connectivity index (χ0v) is 16.1. The summed E-state index contributed by atoms with van der Waals surface area (Å²) in [5.41, 5.74) is 1.78. The number of aromatic nitrogens is 3. The highest BCUT2D eigenvalue weighted by Gasteiger charge is 2.32. The van der Waals surface area contributed by atoms with E-state index in [1.54, 1.807) is 18.3 Å². The summed E-state index contributed by atoms with van der Waals surface area (Å²) < 4.78 is 29.1. The average molecular weight is 389 g/mol. The molecule has 1 saturated carbocycles. The number of sulfonamides is 1. The number of nitrogens with one attached hydrogen (secondary N) is 1. The van der Waals surface area contributed by atoms with Gasteiger partial charge in [0, 0.05) is 38.3 Å². The lowest BCUT2D eigenvalue weighted by Gasteiger charge is -2.26. The average Bonchev–Trinajstić information content (AvgIpc) is 2.95. The molecule has 2 aromatic heterocycles. The summed E-state index contributed by atoms with van der Waals surface area (Å²) in [4.78, 5) is 20.8. The van der Waals surface area contributed by atoms with Crippen LogP contribution < -0.4 is 5.32 Å². The van der Waals surface area contributed by atoms with Crippen molar-refractivity contribution in [2.24, 2.45) is 13.0 Å². The van der Waals surface area contributed by atoms with Crippen LogP contribution in [0.3, 0.4) is 0 Å². The number of hydrogen-bond donors (Lipinski definition) is 1. The van der Waals surface area contributed by atoms with E-state index < -0.39 is 10.0 Å². The second kappa shape index (κ2) is 7.05. The summed E-state index contributed by atoms with van der Waals surface area (Å²) in [6.07, 6.45) is 6.53. The van der Waals surface area contributed by atoms with Gasteiger partial charge in [0.15, 0.2) is 0 Å². The summed E-state index contributed by atoms with van der Waals surface area (Å²) in [5.74, 6) is 0.983. The standard InChI is InChI=1S/C18H23N5O3S/c1-22-16-12-23(27(25,26)14-6-3-8-19-10-14)9-7-15(16)21-17(22)11-20-18(24)13-4-2-5-13/h3,6,8,10,13H,2,4-5,7,9,11-12H2,1H3,(H,20,24). The van der Waals surface area contributed by atoms with Gasteiger partial charge in [0.2, 0.25) is 15.9 Å². The number of nitrogens with zero attached hydrogens (tertiary/aromatic N) is 4. The van der Waals surface area contributed by atoms with Gasteiger partial charge in [0.25, 0.3) is 0 Å². The van der Waals surface area contributed by atoms with Gasteiger partial charge < -0.3 is 9.88 Å². The van der Waals surface area contributed by atoms with Crippen LogP contribution >= 0.6 is 0 Å². The highest BCUT2D eigenvalue weighted by Crippen LogP contribution is 2.27. The highest BCUT2D eigenvalue weighted by molar-refractivity contribution is 7.89. The first-order chi connectivity index (χ1) is 13.0. The fraction of sp³-hybridized carbons (Fsp3) is 0.500. The fourth-order valence-corrected chi connectivity index (χ4v) is 4.88. The summed E-state index contributed by atoms with van der Waals surface area (Å²) in [5, 5.41) is 2.96. The molecule has 0 unspecified atom stereocenters. The van der Waals surface area contributed by atoms with Crippen molar-refractivity contribution < 1.29 is 13.2 Å². The Balaban J connectivity index is 1.49. The van der Waals surface area contributed by atoms with Gasteiger partial charge in [-0.05, 0) is 25.0 Å². The minimum Gasteiger partial charge on any atom is -0.349 e. The van der Waals surface area contributed by atoms with Crippen molar-refractivity contribution in [1.29, 1.82) is 0 Å². The first-order valence-electron chi connectivity index (χ1n) is 9.18. The van der Waals surface area contributed by atoms with Crippen LogP contribution in [0.15, 0.2) is 29.4 Å². The van der Waals surface area contributed by atoms with Crippen LogP contribution in [0.2, 0.25) is 0 Å². The molecule has 3 heterocycles. The van der Waals surface area contributed by atoms with E-state index >= 15 is 0 Å². The van der Waals surface area contributed by atoms with E-state index in [9.17, 15) is 13.2 Å².